The van der Waals surface area contributed by atoms with Crippen LogP contribution in [0.1, 0.15) is 22.4 Å². The van der Waals surface area contributed by atoms with Crippen LogP contribution in [-0.2, 0) is 12.3 Å². The lowest BCUT2D eigenvalue weighted by Crippen LogP contribution is -1.86. The summed E-state index contributed by atoms with van der Waals surface area (Å²) < 4.78 is 5.34. The van der Waals surface area contributed by atoms with E-state index in [9.17, 15) is 0 Å². The average molecular weight is 220 g/mol. The van der Waals surface area contributed by atoms with Gasteiger partial charge in [-0.1, -0.05) is 22.9 Å². The zero-order valence-electron chi connectivity index (χ0n) is 8.38. The lowest BCUT2D eigenvalue weighted by molar-refractivity contribution is 0.426. The molecule has 3 rings (SSSR count). The fourth-order valence-corrected chi connectivity index (χ4v) is 2.30. The van der Waals surface area contributed by atoms with E-state index in [2.05, 4.69) is 30.3 Å². The molecule has 3 heteroatoms. The smallest absolute Gasteiger partial charge is 0.170 e. The van der Waals surface area contributed by atoms with Crippen LogP contribution in [-0.4, -0.2) is 5.16 Å². The van der Waals surface area contributed by atoms with Gasteiger partial charge in [-0.2, -0.15) is 0 Å². The van der Waals surface area contributed by atoms with E-state index in [0.717, 1.165) is 23.4 Å². The summed E-state index contributed by atoms with van der Waals surface area (Å²) in [5.74, 6) is 1.33. The summed E-state index contributed by atoms with van der Waals surface area (Å²) >= 11 is 5.80. The van der Waals surface area contributed by atoms with Gasteiger partial charge in [0.05, 0.1) is 5.88 Å². The Kier molecular flexibility index (Phi) is 1.86. The van der Waals surface area contributed by atoms with E-state index in [1.54, 1.807) is 0 Å². The number of nitrogens with zero attached hydrogens (tertiary/aromatic N) is 1. The summed E-state index contributed by atoms with van der Waals surface area (Å²) in [6, 6.07) is 6.42. The van der Waals surface area contributed by atoms with Gasteiger partial charge in [-0.3, -0.25) is 0 Å². The first kappa shape index (κ1) is 8.98. The molecule has 0 unspecified atom stereocenters. The molecule has 1 heterocycles. The normalized spacial score (nSPS) is 12.7. The molecular weight excluding hydrogens is 210 g/mol. The molecule has 0 radical (unpaired) electrons. The third kappa shape index (κ3) is 1.21. The standard InChI is InChI=1S/C12H10ClNO/c1-7-2-3-8-5-10-11(6-13)14-15-12(10)9(8)4-7/h2-4H,5-6H2,1H3. The molecule has 76 valence electrons. The lowest BCUT2D eigenvalue weighted by atomic mass is 10.1. The van der Waals surface area contributed by atoms with Crippen LogP contribution in [0.25, 0.3) is 11.3 Å². The summed E-state index contributed by atoms with van der Waals surface area (Å²) in [6.45, 7) is 2.08. The highest BCUT2D eigenvalue weighted by atomic mass is 35.5. The topological polar surface area (TPSA) is 26.0 Å². The SMILES string of the molecule is Cc1ccc2c(c1)-c1onc(CCl)c1C2. The second kappa shape index (κ2) is 3.11. The van der Waals surface area contributed by atoms with Gasteiger partial charge in [-0.05, 0) is 18.6 Å². The molecule has 0 saturated heterocycles. The van der Waals surface area contributed by atoms with Crippen LogP contribution in [0.2, 0.25) is 0 Å². The van der Waals surface area contributed by atoms with E-state index in [0.29, 0.717) is 5.88 Å². The van der Waals surface area contributed by atoms with E-state index in [4.69, 9.17) is 16.1 Å². The van der Waals surface area contributed by atoms with E-state index in [-0.39, 0.29) is 0 Å². The molecule has 15 heavy (non-hydrogen) atoms. The van der Waals surface area contributed by atoms with Crippen molar-refractivity contribution >= 4 is 11.6 Å². The van der Waals surface area contributed by atoms with E-state index >= 15 is 0 Å². The lowest BCUT2D eigenvalue weighted by Gasteiger charge is -1.99. The fourth-order valence-electron chi connectivity index (χ4n) is 2.09. The minimum atomic E-state index is 0.422. The highest BCUT2D eigenvalue weighted by Gasteiger charge is 2.26. The van der Waals surface area contributed by atoms with Gasteiger partial charge in [0.15, 0.2) is 5.76 Å². The first-order chi connectivity index (χ1) is 7.29. The van der Waals surface area contributed by atoms with Crippen molar-refractivity contribution < 1.29 is 4.52 Å². The van der Waals surface area contributed by atoms with Crippen molar-refractivity contribution in [3.05, 3.63) is 40.6 Å². The summed E-state index contributed by atoms with van der Waals surface area (Å²) in [7, 11) is 0. The van der Waals surface area contributed by atoms with Gasteiger partial charge in [-0.15, -0.1) is 11.6 Å². The average Bonchev–Trinajstić information content (AvgIpc) is 2.76. The molecule has 2 aromatic rings. The predicted molar refractivity (Wildman–Crippen MR) is 59.0 cm³/mol. The molecular formula is C12H10ClNO. The number of hydrogen-bond acceptors (Lipinski definition) is 2. The maximum absolute atomic E-state index is 5.80. The summed E-state index contributed by atoms with van der Waals surface area (Å²) in [6.07, 6.45) is 0.899. The molecule has 0 N–H and O–H groups in total. The van der Waals surface area contributed by atoms with Crippen LogP contribution >= 0.6 is 11.6 Å². The van der Waals surface area contributed by atoms with Gasteiger partial charge >= 0.3 is 0 Å². The molecule has 1 aromatic carbocycles. The zero-order chi connectivity index (χ0) is 10.4. The third-order valence-electron chi connectivity index (χ3n) is 2.87. The predicted octanol–water partition coefficient (Wildman–Crippen LogP) is 3.29. The van der Waals surface area contributed by atoms with Crippen molar-refractivity contribution in [1.82, 2.24) is 5.16 Å². The number of aryl methyl sites for hydroxylation is 1. The minimum Gasteiger partial charge on any atom is -0.356 e. The number of alkyl halides is 1. The first-order valence-electron chi connectivity index (χ1n) is 4.93. The second-order valence-corrected chi connectivity index (χ2v) is 4.18. The highest BCUT2D eigenvalue weighted by molar-refractivity contribution is 6.17. The summed E-state index contributed by atoms with van der Waals surface area (Å²) in [4.78, 5) is 0. The van der Waals surface area contributed by atoms with Gasteiger partial charge in [0.25, 0.3) is 0 Å². The van der Waals surface area contributed by atoms with Crippen molar-refractivity contribution in [3.8, 4) is 11.3 Å². The largest absolute Gasteiger partial charge is 0.356 e. The molecule has 1 aromatic heterocycles. The van der Waals surface area contributed by atoms with E-state index in [1.807, 2.05) is 0 Å². The number of aromatic nitrogens is 1. The molecule has 1 aliphatic carbocycles. The summed E-state index contributed by atoms with van der Waals surface area (Å²) in [5.41, 5.74) is 5.76. The van der Waals surface area contributed by atoms with Crippen molar-refractivity contribution in [2.24, 2.45) is 0 Å². The molecule has 0 saturated carbocycles. The maximum Gasteiger partial charge on any atom is 0.170 e. The highest BCUT2D eigenvalue weighted by Crippen LogP contribution is 2.39. The second-order valence-electron chi connectivity index (χ2n) is 3.91. The molecule has 0 spiro atoms. The number of hydrogen-bond donors (Lipinski definition) is 0. The Labute approximate surface area is 92.8 Å². The van der Waals surface area contributed by atoms with Gasteiger partial charge in [0, 0.05) is 17.5 Å². The Hall–Kier alpha value is -1.28. The zero-order valence-corrected chi connectivity index (χ0v) is 9.14. The van der Waals surface area contributed by atoms with Gasteiger partial charge in [-0.25, -0.2) is 0 Å². The molecule has 2 nitrogen and oxygen atoms in total. The van der Waals surface area contributed by atoms with Gasteiger partial charge in [0.1, 0.15) is 5.69 Å². The van der Waals surface area contributed by atoms with Crippen molar-refractivity contribution in [1.29, 1.82) is 0 Å². The quantitative estimate of drug-likeness (QED) is 0.587. The molecule has 0 bridgehead atoms. The molecule has 1 aliphatic rings. The van der Waals surface area contributed by atoms with E-state index in [1.165, 1.54) is 16.7 Å². The van der Waals surface area contributed by atoms with Crippen molar-refractivity contribution in [2.45, 2.75) is 19.2 Å². The Morgan fingerprint density at radius 2 is 2.33 bits per heavy atom. The molecule has 0 atom stereocenters. The van der Waals surface area contributed by atoms with Crippen LogP contribution in [0.3, 0.4) is 0 Å². The maximum atomic E-state index is 5.80. The van der Waals surface area contributed by atoms with E-state index < -0.39 is 0 Å². The molecule has 0 fully saturated rings. The van der Waals surface area contributed by atoms with Crippen LogP contribution < -0.4 is 0 Å². The van der Waals surface area contributed by atoms with Crippen LogP contribution in [0.15, 0.2) is 22.7 Å². The Bertz CT molecular complexity index is 530. The first-order valence-corrected chi connectivity index (χ1v) is 5.46. The monoisotopic (exact) mass is 219 g/mol. The van der Waals surface area contributed by atoms with Crippen LogP contribution in [0, 0.1) is 6.92 Å². The van der Waals surface area contributed by atoms with Crippen molar-refractivity contribution in [2.75, 3.05) is 0 Å². The van der Waals surface area contributed by atoms with Crippen LogP contribution in [0.5, 0.6) is 0 Å². The van der Waals surface area contributed by atoms with Gasteiger partial charge < -0.3 is 4.52 Å². The molecule has 0 amide bonds. The number of fused-ring (bicyclic) bond motifs is 3. The summed E-state index contributed by atoms with van der Waals surface area (Å²) in [5, 5.41) is 3.98. The Morgan fingerprint density at radius 3 is 3.13 bits per heavy atom. The van der Waals surface area contributed by atoms with Crippen molar-refractivity contribution in [3.63, 3.8) is 0 Å². The minimum absolute atomic E-state index is 0.422. The van der Waals surface area contributed by atoms with Crippen LogP contribution in [0.4, 0.5) is 0 Å². The number of rotatable bonds is 1. The van der Waals surface area contributed by atoms with Gasteiger partial charge in [0.2, 0.25) is 0 Å². The fraction of sp³-hybridized carbons (Fsp3) is 0.250. The Balaban J connectivity index is 2.22. The number of halogens is 1. The molecule has 0 aliphatic heterocycles. The third-order valence-corrected chi connectivity index (χ3v) is 3.13. The number of benzene rings is 1. The Morgan fingerprint density at radius 1 is 1.47 bits per heavy atom.